The van der Waals surface area contributed by atoms with Gasteiger partial charge in [0.15, 0.2) is 0 Å². The Hall–Kier alpha value is -2.72. The first-order valence-electron chi connectivity index (χ1n) is 7.71. The van der Waals surface area contributed by atoms with Crippen LogP contribution in [0.25, 0.3) is 10.9 Å². The smallest absolute Gasteiger partial charge is 0.272 e. The molecular formula is C17H17BrN6O2. The fraction of sp³-hybridized carbons (Fsp3) is 0.0588. The second-order valence-corrected chi connectivity index (χ2v) is 6.42. The number of nitrogens with zero attached hydrogens (tertiary/aromatic N) is 3. The molecule has 1 atom stereocenters. The van der Waals surface area contributed by atoms with Gasteiger partial charge in [-0.1, -0.05) is 51.6 Å². The molecule has 3 rings (SSSR count). The molecule has 5 N–H and O–H groups in total. The minimum atomic E-state index is -1.38. The maximum Gasteiger partial charge on any atom is 0.272 e. The van der Waals surface area contributed by atoms with Crippen LogP contribution >= 0.6 is 15.9 Å². The van der Waals surface area contributed by atoms with Gasteiger partial charge in [-0.15, -0.1) is 0 Å². The van der Waals surface area contributed by atoms with E-state index in [4.69, 9.17) is 10.9 Å². The number of nitrogens with two attached hydrogens (primary N) is 1. The Morgan fingerprint density at radius 3 is 2.73 bits per heavy atom. The number of hydrazone groups is 1. The molecule has 1 aromatic heterocycles. The van der Waals surface area contributed by atoms with E-state index in [2.05, 4.69) is 48.3 Å². The maximum atomic E-state index is 10.4. The van der Waals surface area contributed by atoms with Gasteiger partial charge < -0.3 is 15.5 Å². The molecule has 134 valence electrons. The quantitative estimate of drug-likeness (QED) is 0.285. The summed E-state index contributed by atoms with van der Waals surface area (Å²) in [5.41, 5.74) is 10.9. The Kier molecular flexibility index (Phi) is 5.64. The lowest BCUT2D eigenvalue weighted by Gasteiger charge is -2.05. The molecule has 0 amide bonds. The summed E-state index contributed by atoms with van der Waals surface area (Å²) in [4.78, 5) is 0. The molecule has 2 aromatic carbocycles. The van der Waals surface area contributed by atoms with E-state index >= 15 is 0 Å². The second kappa shape index (κ2) is 8.11. The molecule has 0 radical (unpaired) electrons. The van der Waals surface area contributed by atoms with Crippen LogP contribution in [0.5, 0.6) is 0 Å². The molecule has 0 aliphatic carbocycles. The summed E-state index contributed by atoms with van der Waals surface area (Å²) >= 11 is 3.44. The van der Waals surface area contributed by atoms with Crippen LogP contribution in [0.3, 0.4) is 0 Å². The summed E-state index contributed by atoms with van der Waals surface area (Å²) < 4.78 is 3.17. The Morgan fingerprint density at radius 1 is 1.27 bits per heavy atom. The third-order valence-electron chi connectivity index (χ3n) is 3.68. The highest BCUT2D eigenvalue weighted by atomic mass is 79.9. The number of guanidine groups is 1. The zero-order valence-corrected chi connectivity index (χ0v) is 15.2. The molecule has 0 spiro atoms. The van der Waals surface area contributed by atoms with Crippen LogP contribution in [0.4, 0.5) is 0 Å². The summed E-state index contributed by atoms with van der Waals surface area (Å²) in [6.07, 6.45) is 3.58. The number of nitrogens with one attached hydrogen (secondary N) is 2. The van der Waals surface area contributed by atoms with E-state index in [1.165, 1.54) is 5.56 Å². The van der Waals surface area contributed by atoms with Crippen molar-refractivity contribution in [3.63, 3.8) is 0 Å². The van der Waals surface area contributed by atoms with Crippen molar-refractivity contribution in [2.24, 2.45) is 15.9 Å². The maximum absolute atomic E-state index is 10.4. The van der Waals surface area contributed by atoms with Crippen molar-refractivity contribution in [1.82, 2.24) is 9.99 Å². The average Bonchev–Trinajstić information content (AvgIpc) is 2.94. The van der Waals surface area contributed by atoms with Crippen LogP contribution in [0, 0.1) is 5.21 Å². The largest absolute Gasteiger partial charge is 0.572 e. The Labute approximate surface area is 157 Å². The summed E-state index contributed by atoms with van der Waals surface area (Å²) in [5, 5.41) is 25.7. The van der Waals surface area contributed by atoms with Crippen LogP contribution in [0.1, 0.15) is 11.1 Å². The lowest BCUT2D eigenvalue weighted by Crippen LogP contribution is -3.00. The molecule has 26 heavy (non-hydrogen) atoms. The van der Waals surface area contributed by atoms with E-state index in [1.54, 1.807) is 6.21 Å². The van der Waals surface area contributed by atoms with Crippen LogP contribution in [0.2, 0.25) is 0 Å². The number of hydrogen-bond acceptors (Lipinski definition) is 4. The first-order chi connectivity index (χ1) is 12.5. The van der Waals surface area contributed by atoms with Gasteiger partial charge in [-0.2, -0.15) is 10.3 Å². The van der Waals surface area contributed by atoms with Crippen LogP contribution < -0.4 is 16.5 Å². The van der Waals surface area contributed by atoms with Crippen molar-refractivity contribution in [3.05, 3.63) is 75.5 Å². The molecule has 3 aromatic rings. The highest BCUT2D eigenvalue weighted by Gasteiger charge is 2.07. The number of aromatic nitrogens is 1. The van der Waals surface area contributed by atoms with Crippen molar-refractivity contribution in [1.29, 1.82) is 0 Å². The number of quaternary nitrogens is 1. The number of rotatable bonds is 5. The fourth-order valence-corrected chi connectivity index (χ4v) is 2.86. The number of halogens is 1. The van der Waals surface area contributed by atoms with Crippen molar-refractivity contribution in [2.75, 3.05) is 0 Å². The van der Waals surface area contributed by atoms with E-state index in [-0.39, 0.29) is 5.96 Å². The Balaban J connectivity index is 1.86. The third kappa shape index (κ3) is 4.46. The van der Waals surface area contributed by atoms with Crippen molar-refractivity contribution < 1.29 is 10.5 Å². The number of hydrogen-bond donors (Lipinski definition) is 4. The van der Waals surface area contributed by atoms with E-state index in [9.17, 15) is 5.21 Å². The molecular weight excluding hydrogens is 400 g/mol. The predicted octanol–water partition coefficient (Wildman–Crippen LogP) is 1.38. The number of benzene rings is 2. The van der Waals surface area contributed by atoms with Gasteiger partial charge in [-0.25, -0.2) is 5.43 Å². The number of para-hydroxylation sites is 1. The predicted molar refractivity (Wildman–Crippen MR) is 104 cm³/mol. The summed E-state index contributed by atoms with van der Waals surface area (Å²) in [7, 11) is 0. The lowest BCUT2D eigenvalue weighted by molar-refractivity contribution is -1.05. The monoisotopic (exact) mass is 416 g/mol. The van der Waals surface area contributed by atoms with E-state index < -0.39 is 5.34 Å². The van der Waals surface area contributed by atoms with Crippen molar-refractivity contribution in [3.8, 4) is 0 Å². The highest BCUT2D eigenvalue weighted by molar-refractivity contribution is 9.10. The standard InChI is InChI=1S/C17H17BrN6O2/c18-14-7-5-12(6-8-14)10-23-11-13(15-3-1-2-4-16(15)23)9-20-21-17(19)22-24(25)26/h1-9,11,24-25H,10H2,(H3,19,21,22)/b20-9+. The normalized spacial score (nSPS) is 13.4. The summed E-state index contributed by atoms with van der Waals surface area (Å²) in [5.74, 6) is -0.285. The van der Waals surface area contributed by atoms with Gasteiger partial charge in [0, 0.05) is 33.7 Å². The SMILES string of the molecule is N/C(=N/[NH+]([O-])O)N/N=C/c1cn(Cc2ccc(Br)cc2)c2ccccc12. The first kappa shape index (κ1) is 18.1. The van der Waals surface area contributed by atoms with Gasteiger partial charge in [0.25, 0.3) is 5.96 Å². The van der Waals surface area contributed by atoms with E-state index in [1.807, 2.05) is 42.6 Å². The molecule has 0 fully saturated rings. The van der Waals surface area contributed by atoms with Gasteiger partial charge in [0.1, 0.15) is 0 Å². The minimum Gasteiger partial charge on any atom is -0.572 e. The molecule has 9 heteroatoms. The van der Waals surface area contributed by atoms with Crippen LogP contribution in [-0.2, 0) is 6.54 Å². The third-order valence-corrected chi connectivity index (χ3v) is 4.21. The van der Waals surface area contributed by atoms with Crippen LogP contribution in [-0.4, -0.2) is 21.9 Å². The Bertz CT molecular complexity index is 950. The highest BCUT2D eigenvalue weighted by Crippen LogP contribution is 2.21. The van der Waals surface area contributed by atoms with Crippen molar-refractivity contribution >= 4 is 39.0 Å². The second-order valence-electron chi connectivity index (χ2n) is 5.51. The van der Waals surface area contributed by atoms with Gasteiger partial charge in [0.05, 0.1) is 6.21 Å². The van der Waals surface area contributed by atoms with Crippen LogP contribution in [0.15, 0.2) is 69.4 Å². The zero-order valence-electron chi connectivity index (χ0n) is 13.6. The lowest BCUT2D eigenvalue weighted by atomic mass is 10.2. The zero-order chi connectivity index (χ0) is 18.5. The summed E-state index contributed by atoms with van der Waals surface area (Å²) in [6.45, 7) is 0.720. The molecule has 0 saturated carbocycles. The molecule has 0 saturated heterocycles. The topological polar surface area (TPSA) is 115 Å². The molecule has 0 aliphatic rings. The molecule has 1 unspecified atom stereocenters. The first-order valence-corrected chi connectivity index (χ1v) is 8.51. The average molecular weight is 417 g/mol. The molecule has 1 heterocycles. The van der Waals surface area contributed by atoms with Gasteiger partial charge in [0.2, 0.25) is 0 Å². The van der Waals surface area contributed by atoms with Gasteiger partial charge in [-0.3, -0.25) is 0 Å². The molecule has 0 bridgehead atoms. The number of fused-ring (bicyclic) bond motifs is 1. The van der Waals surface area contributed by atoms with Gasteiger partial charge in [-0.05, 0) is 28.9 Å². The van der Waals surface area contributed by atoms with Crippen molar-refractivity contribution in [2.45, 2.75) is 6.54 Å². The Morgan fingerprint density at radius 2 is 2.00 bits per heavy atom. The van der Waals surface area contributed by atoms with E-state index in [0.717, 1.165) is 27.5 Å². The minimum absolute atomic E-state index is 0.285. The molecule has 0 aliphatic heterocycles. The molecule has 8 nitrogen and oxygen atoms in total. The fourth-order valence-electron chi connectivity index (χ4n) is 2.59. The van der Waals surface area contributed by atoms with Gasteiger partial charge >= 0.3 is 0 Å². The van der Waals surface area contributed by atoms with E-state index in [0.29, 0.717) is 0 Å². The summed E-state index contributed by atoms with van der Waals surface area (Å²) in [6, 6.07) is 16.1.